The number of aryl methyl sites for hydroxylation is 1. The van der Waals surface area contributed by atoms with Crippen molar-refractivity contribution in [1.29, 1.82) is 0 Å². The molecule has 9 nitrogen and oxygen atoms in total. The van der Waals surface area contributed by atoms with E-state index in [1.807, 2.05) is 20.9 Å². The van der Waals surface area contributed by atoms with Gasteiger partial charge in [-0.3, -0.25) is 19.6 Å². The topological polar surface area (TPSA) is 99.5 Å². The summed E-state index contributed by atoms with van der Waals surface area (Å²) < 4.78 is 1.71. The number of piperazine rings is 1. The van der Waals surface area contributed by atoms with Gasteiger partial charge in [0.15, 0.2) is 11.9 Å². The highest BCUT2D eigenvalue weighted by atomic mass is 16.2. The summed E-state index contributed by atoms with van der Waals surface area (Å²) in [5.41, 5.74) is 5.69. The second-order valence-electron chi connectivity index (χ2n) is 11.0. The minimum absolute atomic E-state index is 0.0882. The molecule has 1 amide bonds. The van der Waals surface area contributed by atoms with Crippen molar-refractivity contribution in [2.75, 3.05) is 25.0 Å². The van der Waals surface area contributed by atoms with Crippen LogP contribution in [-0.4, -0.2) is 67.6 Å². The van der Waals surface area contributed by atoms with Crippen LogP contribution in [0, 0.1) is 6.92 Å². The lowest BCUT2D eigenvalue weighted by molar-refractivity contribution is -0.130. The normalized spacial score (nSPS) is 16.0. The maximum atomic E-state index is 12.2. The van der Waals surface area contributed by atoms with E-state index in [1.165, 1.54) is 5.56 Å². The number of nitrogens with one attached hydrogen (secondary N) is 1. The van der Waals surface area contributed by atoms with Gasteiger partial charge in [0.25, 0.3) is 0 Å². The molecule has 0 spiro atoms. The summed E-state index contributed by atoms with van der Waals surface area (Å²) in [7, 11) is 1.98. The van der Waals surface area contributed by atoms with Gasteiger partial charge >= 0.3 is 0 Å². The van der Waals surface area contributed by atoms with Gasteiger partial charge in [-0.2, -0.15) is 10.2 Å². The fourth-order valence-corrected chi connectivity index (χ4v) is 4.23. The standard InChI is InChI=1S/C18H19N3O.C10H16N4O/c1-12-5-7-13(8-6-12)16-9-15(18(2,3)4)17-19-14(11-22)10-21(17)20-16;1-10(2)9(15)14(5-4-13(10)3)8-6-11-12-7-8/h5-11H,1-4H3;6-7H,4-5H2,1-3H3,(H,11,12). The van der Waals surface area contributed by atoms with Crippen molar-refractivity contribution in [2.24, 2.45) is 0 Å². The second-order valence-corrected chi connectivity index (χ2v) is 11.0. The molecular formula is C28H35N7O2. The van der Waals surface area contributed by atoms with Crippen LogP contribution < -0.4 is 4.90 Å². The summed E-state index contributed by atoms with van der Waals surface area (Å²) in [4.78, 5) is 31.5. The molecule has 194 valence electrons. The molecule has 1 aliphatic heterocycles. The number of imidazole rings is 1. The largest absolute Gasteiger partial charge is 0.307 e. The Morgan fingerprint density at radius 3 is 2.41 bits per heavy atom. The number of nitrogens with zero attached hydrogens (tertiary/aromatic N) is 6. The average molecular weight is 502 g/mol. The number of anilines is 1. The molecule has 0 bridgehead atoms. The maximum absolute atomic E-state index is 12.2. The number of aldehydes is 1. The third-order valence-electron chi connectivity index (χ3n) is 6.90. The molecule has 0 radical (unpaired) electrons. The Hall–Kier alpha value is -3.85. The number of aromatic nitrogens is 5. The van der Waals surface area contributed by atoms with Crippen LogP contribution >= 0.6 is 0 Å². The Bertz CT molecular complexity index is 1400. The van der Waals surface area contributed by atoms with Crippen LogP contribution in [0.2, 0.25) is 0 Å². The number of carbonyl (C=O) groups excluding carboxylic acids is 2. The first-order valence-electron chi connectivity index (χ1n) is 12.4. The number of hydrogen-bond donors (Lipinski definition) is 1. The molecule has 1 aliphatic rings. The van der Waals surface area contributed by atoms with Crippen molar-refractivity contribution in [3.8, 4) is 11.3 Å². The van der Waals surface area contributed by atoms with E-state index in [2.05, 4.69) is 83.2 Å². The molecule has 1 aromatic carbocycles. The van der Waals surface area contributed by atoms with Gasteiger partial charge in [0.2, 0.25) is 5.91 Å². The molecule has 0 unspecified atom stereocenters. The van der Waals surface area contributed by atoms with Crippen molar-refractivity contribution in [3.63, 3.8) is 0 Å². The molecule has 1 N–H and O–H groups in total. The highest BCUT2D eigenvalue weighted by Gasteiger charge is 2.40. The van der Waals surface area contributed by atoms with Gasteiger partial charge in [0.1, 0.15) is 5.69 Å². The van der Waals surface area contributed by atoms with Crippen molar-refractivity contribution in [1.82, 2.24) is 29.7 Å². The van der Waals surface area contributed by atoms with E-state index < -0.39 is 5.54 Å². The molecule has 0 aliphatic carbocycles. The molecular weight excluding hydrogens is 466 g/mol. The van der Waals surface area contributed by atoms with Gasteiger partial charge in [0, 0.05) is 30.4 Å². The van der Waals surface area contributed by atoms with Gasteiger partial charge in [-0.25, -0.2) is 9.50 Å². The number of H-pyrrole nitrogens is 1. The predicted molar refractivity (Wildman–Crippen MR) is 145 cm³/mol. The Morgan fingerprint density at radius 1 is 1.11 bits per heavy atom. The second kappa shape index (κ2) is 9.89. The quantitative estimate of drug-likeness (QED) is 0.421. The number of carbonyl (C=O) groups is 2. The van der Waals surface area contributed by atoms with E-state index in [4.69, 9.17) is 0 Å². The predicted octanol–water partition coefficient (Wildman–Crippen LogP) is 4.28. The number of amides is 1. The van der Waals surface area contributed by atoms with Crippen molar-refractivity contribution < 1.29 is 9.59 Å². The number of rotatable bonds is 3. The Kier molecular flexibility index (Phi) is 7.01. The van der Waals surface area contributed by atoms with Crippen LogP contribution in [0.1, 0.15) is 56.2 Å². The maximum Gasteiger partial charge on any atom is 0.247 e. The smallest absolute Gasteiger partial charge is 0.247 e. The van der Waals surface area contributed by atoms with Crippen molar-refractivity contribution in [3.05, 3.63) is 65.7 Å². The fourth-order valence-electron chi connectivity index (χ4n) is 4.23. The van der Waals surface area contributed by atoms with Crippen LogP contribution in [0.5, 0.6) is 0 Å². The lowest BCUT2D eigenvalue weighted by atomic mass is 9.87. The third-order valence-corrected chi connectivity index (χ3v) is 6.90. The molecule has 9 heteroatoms. The fraction of sp³-hybridized carbons (Fsp3) is 0.393. The number of likely N-dealkylation sites (N-methyl/N-ethyl adjacent to an activating group) is 1. The van der Waals surface area contributed by atoms with E-state index >= 15 is 0 Å². The van der Waals surface area contributed by atoms with Crippen LogP contribution in [0.3, 0.4) is 0 Å². The summed E-state index contributed by atoms with van der Waals surface area (Å²) in [6.07, 6.45) is 5.86. The molecule has 1 saturated heterocycles. The van der Waals surface area contributed by atoms with E-state index in [-0.39, 0.29) is 11.3 Å². The molecule has 37 heavy (non-hydrogen) atoms. The monoisotopic (exact) mass is 501 g/mol. The van der Waals surface area contributed by atoms with E-state index in [1.54, 1.807) is 28.0 Å². The lowest BCUT2D eigenvalue weighted by Gasteiger charge is -2.43. The molecule has 4 aromatic rings. The first-order chi connectivity index (χ1) is 17.4. The van der Waals surface area contributed by atoms with Crippen LogP contribution in [0.4, 0.5) is 5.69 Å². The van der Waals surface area contributed by atoms with Crippen molar-refractivity contribution in [2.45, 2.75) is 52.5 Å². The summed E-state index contributed by atoms with van der Waals surface area (Å²) in [5, 5.41) is 11.2. The lowest BCUT2D eigenvalue weighted by Crippen LogP contribution is -2.61. The van der Waals surface area contributed by atoms with Crippen LogP contribution in [-0.2, 0) is 10.2 Å². The van der Waals surface area contributed by atoms with Gasteiger partial charge in [-0.1, -0.05) is 50.6 Å². The van der Waals surface area contributed by atoms with Gasteiger partial charge in [0.05, 0.1) is 29.3 Å². The average Bonchev–Trinajstić information content (AvgIpc) is 3.52. The number of aromatic amines is 1. The summed E-state index contributed by atoms with van der Waals surface area (Å²) in [6, 6.07) is 10.3. The summed E-state index contributed by atoms with van der Waals surface area (Å²) >= 11 is 0. The summed E-state index contributed by atoms with van der Waals surface area (Å²) in [6.45, 7) is 14.0. The van der Waals surface area contributed by atoms with Gasteiger partial charge < -0.3 is 4.90 Å². The Morgan fingerprint density at radius 2 is 1.81 bits per heavy atom. The number of hydrogen-bond acceptors (Lipinski definition) is 6. The molecule has 0 atom stereocenters. The van der Waals surface area contributed by atoms with E-state index in [9.17, 15) is 9.59 Å². The van der Waals surface area contributed by atoms with Crippen molar-refractivity contribution >= 4 is 23.5 Å². The highest BCUT2D eigenvalue weighted by molar-refractivity contribution is 6.00. The number of benzene rings is 1. The molecule has 4 heterocycles. The SMILES string of the molecule is CN1CCN(c2cn[nH]c2)C(=O)C1(C)C.Cc1ccc(-c2cc(C(C)(C)C)c3nc(C=O)cn3n2)cc1. The minimum atomic E-state index is -0.435. The Labute approximate surface area is 217 Å². The minimum Gasteiger partial charge on any atom is -0.307 e. The molecule has 5 rings (SSSR count). The van der Waals surface area contributed by atoms with Crippen LogP contribution in [0.25, 0.3) is 16.9 Å². The highest BCUT2D eigenvalue weighted by Crippen LogP contribution is 2.30. The van der Waals surface area contributed by atoms with Gasteiger partial charge in [-0.15, -0.1) is 0 Å². The zero-order valence-electron chi connectivity index (χ0n) is 22.6. The first-order valence-corrected chi connectivity index (χ1v) is 12.4. The zero-order chi connectivity index (χ0) is 27.0. The van der Waals surface area contributed by atoms with Crippen LogP contribution in [0.15, 0.2) is 48.9 Å². The summed E-state index contributed by atoms with van der Waals surface area (Å²) in [5.74, 6) is 0.123. The number of fused-ring (bicyclic) bond motifs is 1. The van der Waals surface area contributed by atoms with Gasteiger partial charge in [-0.05, 0) is 39.3 Å². The Balaban J connectivity index is 0.000000186. The first kappa shape index (κ1) is 26.2. The van der Waals surface area contributed by atoms with E-state index in [0.717, 1.165) is 47.5 Å². The third kappa shape index (κ3) is 5.32. The zero-order valence-corrected chi connectivity index (χ0v) is 22.6. The molecule has 3 aromatic heterocycles. The van der Waals surface area contributed by atoms with E-state index in [0.29, 0.717) is 5.69 Å². The molecule has 0 saturated carbocycles. The molecule has 1 fully saturated rings.